The molecule has 0 spiro atoms. The normalized spacial score (nSPS) is 18.2. The Kier molecular flexibility index (Phi) is 5.90. The third-order valence-corrected chi connectivity index (χ3v) is 7.56. The lowest BCUT2D eigenvalue weighted by atomic mass is 10.0. The zero-order chi connectivity index (χ0) is 26.8. The van der Waals surface area contributed by atoms with Gasteiger partial charge in [-0.05, 0) is 50.5 Å². The Labute approximate surface area is 222 Å². The molecule has 4 aromatic rings. The van der Waals surface area contributed by atoms with Crippen LogP contribution in [0.5, 0.6) is 0 Å². The Morgan fingerprint density at radius 1 is 1.18 bits per heavy atom. The van der Waals surface area contributed by atoms with Gasteiger partial charge in [-0.25, -0.2) is 28.5 Å². The number of rotatable bonds is 6. The van der Waals surface area contributed by atoms with Gasteiger partial charge in [0.05, 0.1) is 22.9 Å². The van der Waals surface area contributed by atoms with Crippen molar-refractivity contribution in [1.29, 1.82) is 0 Å². The summed E-state index contributed by atoms with van der Waals surface area (Å²) in [6, 6.07) is 6.82. The van der Waals surface area contributed by atoms with E-state index < -0.39 is 11.9 Å². The third kappa shape index (κ3) is 4.51. The van der Waals surface area contributed by atoms with E-state index in [0.717, 1.165) is 40.7 Å². The number of benzene rings is 1. The first kappa shape index (κ1) is 24.8. The highest BCUT2D eigenvalue weighted by molar-refractivity contribution is 6.29. The number of imidazole rings is 1. The molecular weight excluding hydrogens is 514 g/mol. The van der Waals surface area contributed by atoms with Gasteiger partial charge in [-0.2, -0.15) is 0 Å². The van der Waals surface area contributed by atoms with Crippen molar-refractivity contribution in [2.24, 2.45) is 0 Å². The van der Waals surface area contributed by atoms with E-state index >= 15 is 0 Å². The van der Waals surface area contributed by atoms with Gasteiger partial charge in [-0.1, -0.05) is 17.7 Å². The number of carboxylic acids is 1. The molecule has 8 nitrogen and oxygen atoms in total. The standard InChI is InChI=1S/C27H27ClF2N6O2/c1-14-11-17(15(2)31-19-5-6-21(28)33-23(19)25(37)38)22-18(12-14)24-32-20(16-3-4-16)13-36(24)26(34-22)35-9-7-27(29,30)8-10-35/h5-6,11-13,15-16,31H,3-4,7-10H2,1-2H3,(H,37,38)/t15-/m1/s1. The number of hydrogen-bond acceptors (Lipinski definition) is 6. The van der Waals surface area contributed by atoms with E-state index in [9.17, 15) is 18.7 Å². The van der Waals surface area contributed by atoms with Gasteiger partial charge in [0, 0.05) is 49.0 Å². The molecule has 1 saturated heterocycles. The lowest BCUT2D eigenvalue weighted by Gasteiger charge is -2.33. The first-order valence-corrected chi connectivity index (χ1v) is 13.1. The van der Waals surface area contributed by atoms with Crippen LogP contribution in [0.4, 0.5) is 20.4 Å². The molecule has 2 fully saturated rings. The predicted octanol–water partition coefficient (Wildman–Crippen LogP) is 6.22. The maximum absolute atomic E-state index is 14.0. The van der Waals surface area contributed by atoms with Crippen molar-refractivity contribution in [3.63, 3.8) is 0 Å². The van der Waals surface area contributed by atoms with Crippen LogP contribution in [0.2, 0.25) is 5.15 Å². The molecule has 3 aromatic heterocycles. The van der Waals surface area contributed by atoms with Crippen LogP contribution in [0.1, 0.15) is 71.9 Å². The molecule has 38 heavy (non-hydrogen) atoms. The molecule has 6 rings (SSSR count). The number of carbonyl (C=O) groups is 1. The lowest BCUT2D eigenvalue weighted by molar-refractivity contribution is -0.0222. The number of anilines is 2. The summed E-state index contributed by atoms with van der Waals surface area (Å²) < 4.78 is 29.9. The minimum absolute atomic E-state index is 0.0909. The van der Waals surface area contributed by atoms with E-state index in [4.69, 9.17) is 21.6 Å². The van der Waals surface area contributed by atoms with E-state index in [1.54, 1.807) is 6.07 Å². The highest BCUT2D eigenvalue weighted by atomic mass is 35.5. The zero-order valence-electron chi connectivity index (χ0n) is 21.0. The number of alkyl halides is 2. The molecule has 1 aliphatic carbocycles. The highest BCUT2D eigenvalue weighted by Gasteiger charge is 2.36. The molecular formula is C27H27ClF2N6O2. The molecule has 2 N–H and O–H groups in total. The average Bonchev–Trinajstić information content (AvgIpc) is 3.62. The topological polar surface area (TPSA) is 95.6 Å². The van der Waals surface area contributed by atoms with E-state index in [0.29, 0.717) is 23.1 Å². The third-order valence-electron chi connectivity index (χ3n) is 7.35. The van der Waals surface area contributed by atoms with E-state index in [1.807, 2.05) is 41.5 Å². The Bertz CT molecular complexity index is 1580. The number of nitrogens with one attached hydrogen (secondary N) is 1. The molecule has 11 heteroatoms. The van der Waals surface area contributed by atoms with Gasteiger partial charge in [0.2, 0.25) is 5.95 Å². The Hall–Kier alpha value is -3.53. The summed E-state index contributed by atoms with van der Waals surface area (Å²) in [5, 5.41) is 13.8. The first-order chi connectivity index (χ1) is 18.1. The number of carboxylic acid groups (broad SMARTS) is 1. The van der Waals surface area contributed by atoms with Crippen LogP contribution in [-0.2, 0) is 0 Å². The van der Waals surface area contributed by atoms with E-state index in [-0.39, 0.29) is 42.8 Å². The second-order valence-electron chi connectivity index (χ2n) is 10.3. The summed E-state index contributed by atoms with van der Waals surface area (Å²) in [5.41, 5.74) is 4.44. The van der Waals surface area contributed by atoms with Gasteiger partial charge in [0.25, 0.3) is 5.92 Å². The average molecular weight is 541 g/mol. The Morgan fingerprint density at radius 2 is 1.92 bits per heavy atom. The maximum atomic E-state index is 14.0. The molecule has 0 unspecified atom stereocenters. The molecule has 2 aliphatic rings. The molecule has 1 aliphatic heterocycles. The number of pyridine rings is 1. The van der Waals surface area contributed by atoms with Crippen LogP contribution in [0.15, 0.2) is 30.5 Å². The van der Waals surface area contributed by atoms with Crippen LogP contribution < -0.4 is 10.2 Å². The van der Waals surface area contributed by atoms with Crippen LogP contribution in [0, 0.1) is 6.92 Å². The quantitative estimate of drug-likeness (QED) is 0.280. The second-order valence-corrected chi connectivity index (χ2v) is 10.7. The van der Waals surface area contributed by atoms with Crippen LogP contribution >= 0.6 is 11.6 Å². The smallest absolute Gasteiger partial charge is 0.356 e. The largest absolute Gasteiger partial charge is 0.476 e. The van der Waals surface area contributed by atoms with Crippen LogP contribution in [-0.4, -0.2) is 49.4 Å². The minimum atomic E-state index is -2.67. The fourth-order valence-electron chi connectivity index (χ4n) is 5.19. The molecule has 1 atom stereocenters. The predicted molar refractivity (Wildman–Crippen MR) is 142 cm³/mol. The number of aromatic carboxylic acids is 1. The van der Waals surface area contributed by atoms with Crippen molar-refractivity contribution in [3.8, 4) is 0 Å². The van der Waals surface area contributed by atoms with Crippen molar-refractivity contribution >= 4 is 45.8 Å². The van der Waals surface area contributed by atoms with Gasteiger partial charge in [-0.15, -0.1) is 0 Å². The number of aryl methyl sites for hydroxylation is 1. The van der Waals surface area contributed by atoms with E-state index in [2.05, 4.69) is 10.3 Å². The zero-order valence-corrected chi connectivity index (χ0v) is 21.8. The molecule has 1 aromatic carbocycles. The highest BCUT2D eigenvalue weighted by Crippen LogP contribution is 2.41. The fraction of sp³-hybridized carbons (Fsp3) is 0.407. The molecule has 1 saturated carbocycles. The summed E-state index contributed by atoms with van der Waals surface area (Å²) in [6.45, 7) is 4.31. The van der Waals surface area contributed by atoms with E-state index in [1.165, 1.54) is 6.07 Å². The van der Waals surface area contributed by atoms with Crippen molar-refractivity contribution in [2.75, 3.05) is 23.3 Å². The number of nitrogens with zero attached hydrogens (tertiary/aromatic N) is 5. The number of hydrogen-bond donors (Lipinski definition) is 2. The molecule has 198 valence electrons. The molecule has 0 bridgehead atoms. The minimum Gasteiger partial charge on any atom is -0.476 e. The van der Waals surface area contributed by atoms with Crippen molar-refractivity contribution in [3.05, 3.63) is 58.1 Å². The van der Waals surface area contributed by atoms with Crippen molar-refractivity contribution < 1.29 is 18.7 Å². The van der Waals surface area contributed by atoms with Gasteiger partial charge in [0.1, 0.15) is 10.8 Å². The molecule has 4 heterocycles. The number of halogens is 3. The van der Waals surface area contributed by atoms with Crippen molar-refractivity contribution in [1.82, 2.24) is 19.4 Å². The second kappa shape index (κ2) is 9.04. The summed E-state index contributed by atoms with van der Waals surface area (Å²) >= 11 is 5.93. The van der Waals surface area contributed by atoms with Gasteiger partial charge in [-0.3, -0.25) is 4.40 Å². The monoisotopic (exact) mass is 540 g/mol. The summed E-state index contributed by atoms with van der Waals surface area (Å²) in [5.74, 6) is -2.85. The summed E-state index contributed by atoms with van der Waals surface area (Å²) in [7, 11) is 0. The Balaban J connectivity index is 1.49. The van der Waals surface area contributed by atoms with Crippen LogP contribution in [0.25, 0.3) is 16.6 Å². The number of fused-ring (bicyclic) bond motifs is 3. The maximum Gasteiger partial charge on any atom is 0.356 e. The summed E-state index contributed by atoms with van der Waals surface area (Å²) in [4.78, 5) is 27.7. The van der Waals surface area contributed by atoms with Gasteiger partial charge < -0.3 is 15.3 Å². The fourth-order valence-corrected chi connectivity index (χ4v) is 5.33. The molecule has 0 radical (unpaired) electrons. The first-order valence-electron chi connectivity index (χ1n) is 12.7. The van der Waals surface area contributed by atoms with Gasteiger partial charge in [0.15, 0.2) is 5.69 Å². The Morgan fingerprint density at radius 3 is 2.61 bits per heavy atom. The number of piperidine rings is 1. The van der Waals surface area contributed by atoms with Gasteiger partial charge >= 0.3 is 5.97 Å². The van der Waals surface area contributed by atoms with Crippen LogP contribution in [0.3, 0.4) is 0 Å². The SMILES string of the molecule is Cc1cc([C@@H](C)Nc2ccc(Cl)nc2C(=O)O)c2nc(N3CCC(F)(F)CC3)n3cc(C4CC4)nc3c2c1. The van der Waals surface area contributed by atoms with Crippen molar-refractivity contribution in [2.45, 2.75) is 57.4 Å². The lowest BCUT2D eigenvalue weighted by Crippen LogP contribution is -2.40. The molecule has 0 amide bonds. The summed E-state index contributed by atoms with van der Waals surface area (Å²) in [6.07, 6.45) is 3.74. The number of aromatic nitrogens is 4.